The zero-order valence-electron chi connectivity index (χ0n) is 18.7. The van der Waals surface area contributed by atoms with E-state index in [1.165, 1.54) is 12.1 Å². The zero-order chi connectivity index (χ0) is 22.7. The maximum Gasteiger partial charge on any atom is 0.339 e. The number of esters is 1. The lowest BCUT2D eigenvalue weighted by Gasteiger charge is -2.50. The van der Waals surface area contributed by atoms with Crippen molar-refractivity contribution in [3.63, 3.8) is 0 Å². The summed E-state index contributed by atoms with van der Waals surface area (Å²) in [4.78, 5) is 13.0. The number of aryl methyl sites for hydroxylation is 1. The van der Waals surface area contributed by atoms with Crippen LogP contribution < -0.4 is 4.72 Å². The van der Waals surface area contributed by atoms with Gasteiger partial charge in [0.15, 0.2) is 6.10 Å². The van der Waals surface area contributed by atoms with E-state index in [9.17, 15) is 13.2 Å². The van der Waals surface area contributed by atoms with Crippen molar-refractivity contribution in [3.8, 4) is 0 Å². The highest BCUT2D eigenvalue weighted by Gasteiger charge is 2.60. The summed E-state index contributed by atoms with van der Waals surface area (Å²) in [5, 5.41) is 0. The number of carbonyl (C=O) groups excluding carboxylic acids is 1. The second-order valence-electron chi connectivity index (χ2n) is 7.92. The molecule has 1 N–H and O–H groups in total. The summed E-state index contributed by atoms with van der Waals surface area (Å²) in [6, 6.07) is 5.58. The average Bonchev–Trinajstić information content (AvgIpc) is 2.64. The van der Waals surface area contributed by atoms with Crippen LogP contribution in [0.4, 0.5) is 0 Å². The summed E-state index contributed by atoms with van der Waals surface area (Å²) in [5.74, 6) is -3.87. The number of hydrogen-bond donors (Lipinski definition) is 1. The molecule has 2 rings (SSSR count). The van der Waals surface area contributed by atoms with E-state index in [-0.39, 0.29) is 24.0 Å². The van der Waals surface area contributed by atoms with Crippen molar-refractivity contribution in [2.24, 2.45) is 5.92 Å². The summed E-state index contributed by atoms with van der Waals surface area (Å²) in [5.41, 5.74) is 0.941. The van der Waals surface area contributed by atoms with Gasteiger partial charge in [0.1, 0.15) is 0 Å². The lowest BCUT2D eigenvalue weighted by atomic mass is 9.96. The van der Waals surface area contributed by atoms with E-state index in [0.29, 0.717) is 0 Å². The number of sulfonamides is 1. The minimum absolute atomic E-state index is 0.106. The van der Waals surface area contributed by atoms with Crippen LogP contribution >= 0.6 is 0 Å². The molecule has 0 spiro atoms. The standard InChI is InChI=1S/C21H33NO7S/c1-8-26-20(6)21(7,27-9-2)29-19(23)18(28-20)17(14(3)4)22-30(24,25)16-12-10-15(5)11-13-16/h10-14,17-18,22H,8-9H2,1-7H3/t17-,18-,20+,21+/m1/s1. The molecule has 0 aromatic heterocycles. The average molecular weight is 444 g/mol. The summed E-state index contributed by atoms with van der Waals surface area (Å²) < 4.78 is 51.6. The van der Waals surface area contributed by atoms with E-state index in [1.807, 2.05) is 6.92 Å². The van der Waals surface area contributed by atoms with Crippen LogP contribution in [0.5, 0.6) is 0 Å². The molecule has 0 radical (unpaired) electrons. The van der Waals surface area contributed by atoms with E-state index in [1.54, 1.807) is 53.7 Å². The Morgan fingerprint density at radius 3 is 2.10 bits per heavy atom. The highest BCUT2D eigenvalue weighted by molar-refractivity contribution is 7.89. The van der Waals surface area contributed by atoms with Gasteiger partial charge in [0.25, 0.3) is 5.79 Å². The van der Waals surface area contributed by atoms with Gasteiger partial charge >= 0.3 is 5.97 Å². The van der Waals surface area contributed by atoms with Crippen LogP contribution in [0.25, 0.3) is 0 Å². The molecule has 1 heterocycles. The van der Waals surface area contributed by atoms with E-state index in [2.05, 4.69) is 4.72 Å². The molecule has 9 heteroatoms. The fourth-order valence-electron chi connectivity index (χ4n) is 3.35. The Labute approximate surface area is 179 Å². The Morgan fingerprint density at radius 2 is 1.60 bits per heavy atom. The molecule has 0 saturated carbocycles. The van der Waals surface area contributed by atoms with Crippen LogP contribution in [0.1, 0.15) is 47.1 Å². The first-order valence-corrected chi connectivity index (χ1v) is 11.6. The molecule has 0 amide bonds. The molecule has 0 unspecified atom stereocenters. The molecule has 1 aliphatic rings. The maximum absolute atomic E-state index is 12.9. The van der Waals surface area contributed by atoms with Crippen molar-refractivity contribution in [1.29, 1.82) is 0 Å². The zero-order valence-corrected chi connectivity index (χ0v) is 19.5. The third-order valence-electron chi connectivity index (χ3n) is 5.21. The largest absolute Gasteiger partial charge is 0.425 e. The molecule has 4 atom stereocenters. The van der Waals surface area contributed by atoms with Crippen LogP contribution in [0.2, 0.25) is 0 Å². The predicted molar refractivity (Wildman–Crippen MR) is 111 cm³/mol. The summed E-state index contributed by atoms with van der Waals surface area (Å²) >= 11 is 0. The van der Waals surface area contributed by atoms with Crippen molar-refractivity contribution in [2.45, 2.75) is 77.1 Å². The molecule has 1 aromatic carbocycles. The van der Waals surface area contributed by atoms with Gasteiger partial charge in [-0.25, -0.2) is 17.9 Å². The van der Waals surface area contributed by atoms with Gasteiger partial charge in [0.05, 0.1) is 10.9 Å². The van der Waals surface area contributed by atoms with Gasteiger partial charge < -0.3 is 18.9 Å². The molecule has 170 valence electrons. The first-order valence-electron chi connectivity index (χ1n) is 10.2. The quantitative estimate of drug-likeness (QED) is 0.586. The number of hydrogen-bond acceptors (Lipinski definition) is 7. The van der Waals surface area contributed by atoms with E-state index < -0.39 is 39.7 Å². The molecule has 1 aromatic rings. The van der Waals surface area contributed by atoms with Crippen LogP contribution in [0.3, 0.4) is 0 Å². The van der Waals surface area contributed by atoms with Crippen molar-refractivity contribution in [3.05, 3.63) is 29.8 Å². The van der Waals surface area contributed by atoms with Crippen LogP contribution in [-0.4, -0.2) is 51.3 Å². The summed E-state index contributed by atoms with van der Waals surface area (Å²) in [6.07, 6.45) is -1.21. The van der Waals surface area contributed by atoms with Gasteiger partial charge in [-0.15, -0.1) is 0 Å². The molecular formula is C21H33NO7S. The van der Waals surface area contributed by atoms with Gasteiger partial charge in [-0.3, -0.25) is 0 Å². The fraction of sp³-hybridized carbons (Fsp3) is 0.667. The number of ether oxygens (including phenoxy) is 4. The molecular weight excluding hydrogens is 410 g/mol. The van der Waals surface area contributed by atoms with Crippen molar-refractivity contribution < 1.29 is 32.2 Å². The highest BCUT2D eigenvalue weighted by atomic mass is 32.2. The van der Waals surface area contributed by atoms with Crippen molar-refractivity contribution >= 4 is 16.0 Å². The van der Waals surface area contributed by atoms with Gasteiger partial charge in [-0.05, 0) is 45.7 Å². The predicted octanol–water partition coefficient (Wildman–Crippen LogP) is 2.75. The lowest BCUT2D eigenvalue weighted by Crippen LogP contribution is -2.68. The number of rotatable bonds is 9. The molecule has 30 heavy (non-hydrogen) atoms. The molecule has 1 saturated heterocycles. The van der Waals surface area contributed by atoms with Crippen molar-refractivity contribution in [2.75, 3.05) is 13.2 Å². The number of cyclic esters (lactones) is 1. The van der Waals surface area contributed by atoms with Crippen LogP contribution in [0, 0.1) is 12.8 Å². The third kappa shape index (κ3) is 5.03. The lowest BCUT2D eigenvalue weighted by molar-refractivity contribution is -0.416. The smallest absolute Gasteiger partial charge is 0.339 e. The van der Waals surface area contributed by atoms with Gasteiger partial charge in [-0.1, -0.05) is 31.5 Å². The molecule has 1 fully saturated rings. The third-order valence-corrected chi connectivity index (χ3v) is 6.69. The van der Waals surface area contributed by atoms with Crippen LogP contribution in [0.15, 0.2) is 29.2 Å². The van der Waals surface area contributed by atoms with E-state index in [0.717, 1.165) is 5.56 Å². The molecule has 0 aliphatic carbocycles. The number of carbonyl (C=O) groups is 1. The maximum atomic E-state index is 12.9. The van der Waals surface area contributed by atoms with Crippen molar-refractivity contribution in [1.82, 2.24) is 4.72 Å². The topological polar surface area (TPSA) is 100 Å². The SMILES string of the molecule is CCO[C@@]1(C)OC(=O)[C@@H]([C@H](NS(=O)(=O)c2ccc(C)cc2)C(C)C)O[C@]1(C)OCC. The van der Waals surface area contributed by atoms with Gasteiger partial charge in [0.2, 0.25) is 15.8 Å². The normalized spacial score (nSPS) is 28.4. The number of nitrogens with one attached hydrogen (secondary N) is 1. The first-order chi connectivity index (χ1) is 13.9. The monoisotopic (exact) mass is 443 g/mol. The minimum Gasteiger partial charge on any atom is -0.425 e. The minimum atomic E-state index is -3.89. The van der Waals surface area contributed by atoms with Gasteiger partial charge in [-0.2, -0.15) is 0 Å². The van der Waals surface area contributed by atoms with Gasteiger partial charge in [0, 0.05) is 20.1 Å². The Bertz CT molecular complexity index is 839. The molecule has 0 bridgehead atoms. The molecule has 8 nitrogen and oxygen atoms in total. The highest BCUT2D eigenvalue weighted by Crippen LogP contribution is 2.39. The summed E-state index contributed by atoms with van der Waals surface area (Å²) in [6.45, 7) is 12.8. The second kappa shape index (κ2) is 9.32. The van der Waals surface area contributed by atoms with E-state index in [4.69, 9.17) is 18.9 Å². The number of benzene rings is 1. The Balaban J connectivity index is 2.37. The first kappa shape index (κ1) is 24.7. The van der Waals surface area contributed by atoms with E-state index >= 15 is 0 Å². The Morgan fingerprint density at radius 1 is 1.07 bits per heavy atom. The molecule has 1 aliphatic heterocycles. The van der Waals surface area contributed by atoms with Crippen LogP contribution in [-0.2, 0) is 33.8 Å². The second-order valence-corrected chi connectivity index (χ2v) is 9.64. The Hall–Kier alpha value is -1.52. The fourth-order valence-corrected chi connectivity index (χ4v) is 4.73. The Kier molecular flexibility index (Phi) is 7.68. The summed E-state index contributed by atoms with van der Waals surface area (Å²) in [7, 11) is -3.89.